The van der Waals surface area contributed by atoms with Gasteiger partial charge in [-0.2, -0.15) is 4.99 Å². The number of alkyl halides is 3. The van der Waals surface area contributed by atoms with E-state index in [0.717, 1.165) is 28.9 Å². The van der Waals surface area contributed by atoms with Gasteiger partial charge in [-0.3, -0.25) is 4.57 Å². The number of halogens is 3. The molecule has 5 rings (SSSR count). The van der Waals surface area contributed by atoms with Crippen molar-refractivity contribution in [2.24, 2.45) is 4.99 Å². The molecule has 5 aromatic rings. The third-order valence-corrected chi connectivity index (χ3v) is 7.11. The lowest BCUT2D eigenvalue weighted by Gasteiger charge is -2.10. The number of urea groups is 1. The van der Waals surface area contributed by atoms with Gasteiger partial charge in [0.1, 0.15) is 12.1 Å². The first-order valence-corrected chi connectivity index (χ1v) is 13.7. The van der Waals surface area contributed by atoms with Gasteiger partial charge in [0.15, 0.2) is 10.6 Å². The molecular formula is C30H25F3N6O2S. The molecule has 0 aliphatic heterocycles. The number of hydrogen-bond acceptors (Lipinski definition) is 5. The molecule has 1 N–H and O–H groups in total. The van der Waals surface area contributed by atoms with Gasteiger partial charge >= 0.3 is 12.4 Å². The number of aromatic nitrogens is 4. The van der Waals surface area contributed by atoms with Gasteiger partial charge in [0.2, 0.25) is 0 Å². The Hall–Kier alpha value is -4.97. The molecule has 42 heavy (non-hydrogen) atoms. The van der Waals surface area contributed by atoms with E-state index in [4.69, 9.17) is 0 Å². The van der Waals surface area contributed by atoms with Crippen LogP contribution in [0.1, 0.15) is 23.7 Å². The summed E-state index contributed by atoms with van der Waals surface area (Å²) in [5.74, 6) is 0.126. The first-order chi connectivity index (χ1) is 20.2. The van der Waals surface area contributed by atoms with E-state index >= 15 is 0 Å². The molecule has 12 heteroatoms. The van der Waals surface area contributed by atoms with Crippen molar-refractivity contribution in [3.8, 4) is 28.5 Å². The van der Waals surface area contributed by atoms with Gasteiger partial charge in [0.25, 0.3) is 0 Å². The summed E-state index contributed by atoms with van der Waals surface area (Å²) < 4.78 is 44.5. The van der Waals surface area contributed by atoms with E-state index in [9.17, 15) is 18.0 Å². The number of nitrogens with one attached hydrogen (secondary N) is 1. The van der Waals surface area contributed by atoms with Crippen LogP contribution in [0.25, 0.3) is 28.8 Å². The predicted octanol–water partition coefficient (Wildman–Crippen LogP) is 6.84. The van der Waals surface area contributed by atoms with Gasteiger partial charge in [-0.25, -0.2) is 14.5 Å². The summed E-state index contributed by atoms with van der Waals surface area (Å²) in [6.45, 7) is 4.08. The quantitative estimate of drug-likeness (QED) is 0.225. The minimum absolute atomic E-state index is 0.317. The average molecular weight is 591 g/mol. The van der Waals surface area contributed by atoms with Crippen LogP contribution in [0.3, 0.4) is 0 Å². The zero-order valence-corrected chi connectivity index (χ0v) is 23.4. The molecule has 3 aromatic carbocycles. The van der Waals surface area contributed by atoms with E-state index in [1.54, 1.807) is 6.08 Å². The molecule has 0 atom stereocenters. The highest BCUT2D eigenvalue weighted by Gasteiger charge is 2.31. The number of carbonyl (C=O) groups excluding carboxylic acids is 1. The summed E-state index contributed by atoms with van der Waals surface area (Å²) >= 11 is 1.40. The molecule has 2 heterocycles. The molecule has 2 aromatic heterocycles. The number of ether oxygens (including phenoxy) is 1. The van der Waals surface area contributed by atoms with Crippen molar-refractivity contribution in [3.63, 3.8) is 0 Å². The number of benzene rings is 3. The van der Waals surface area contributed by atoms with Crippen molar-refractivity contribution >= 4 is 23.4 Å². The smallest absolute Gasteiger partial charge is 0.406 e. The summed E-state index contributed by atoms with van der Waals surface area (Å²) in [6, 6.07) is 20.2. The summed E-state index contributed by atoms with van der Waals surface area (Å²) in [4.78, 5) is 21.7. The summed E-state index contributed by atoms with van der Waals surface area (Å²) in [7, 11) is 0. The third-order valence-electron chi connectivity index (χ3n) is 6.17. The van der Waals surface area contributed by atoms with Crippen LogP contribution in [0.4, 0.5) is 18.0 Å². The molecule has 0 aliphatic rings. The third kappa shape index (κ3) is 6.84. The Kier molecular flexibility index (Phi) is 8.34. The van der Waals surface area contributed by atoms with Crippen LogP contribution in [0.2, 0.25) is 0 Å². The van der Waals surface area contributed by atoms with Crippen LogP contribution in [0.5, 0.6) is 5.75 Å². The van der Waals surface area contributed by atoms with Gasteiger partial charge in [-0.15, -0.1) is 29.6 Å². The molecule has 0 radical (unpaired) electrons. The molecule has 8 nitrogen and oxygen atoms in total. The molecule has 0 saturated heterocycles. The minimum atomic E-state index is -4.75. The van der Waals surface area contributed by atoms with E-state index in [1.165, 1.54) is 58.4 Å². The highest BCUT2D eigenvalue weighted by Crippen LogP contribution is 2.24. The lowest BCUT2D eigenvalue weighted by Crippen LogP contribution is -2.21. The van der Waals surface area contributed by atoms with Crippen molar-refractivity contribution in [3.05, 3.63) is 112 Å². The molecule has 0 unspecified atom stereocenters. The molecule has 214 valence electrons. The van der Waals surface area contributed by atoms with Crippen molar-refractivity contribution in [1.29, 1.82) is 0 Å². The van der Waals surface area contributed by atoms with Crippen LogP contribution in [-0.4, -0.2) is 31.7 Å². The van der Waals surface area contributed by atoms with E-state index in [-0.39, 0.29) is 5.75 Å². The molecule has 0 aliphatic carbocycles. The van der Waals surface area contributed by atoms with Crippen molar-refractivity contribution < 1.29 is 22.7 Å². The fourth-order valence-corrected chi connectivity index (χ4v) is 5.05. The molecule has 2 amide bonds. The van der Waals surface area contributed by atoms with E-state index in [1.807, 2.05) is 59.3 Å². The largest absolute Gasteiger partial charge is 0.573 e. The number of aryl methyl sites for hydroxylation is 2. The predicted molar refractivity (Wildman–Crippen MR) is 154 cm³/mol. The number of carbonyl (C=O) groups is 1. The molecule has 0 fully saturated rings. The maximum absolute atomic E-state index is 12.6. The second-order valence-corrected chi connectivity index (χ2v) is 9.88. The Morgan fingerprint density at radius 3 is 2.52 bits per heavy atom. The highest BCUT2D eigenvalue weighted by atomic mass is 32.1. The molecule has 0 bridgehead atoms. The lowest BCUT2D eigenvalue weighted by atomic mass is 10.1. The maximum atomic E-state index is 12.6. The number of para-hydroxylation sites is 1. The van der Waals surface area contributed by atoms with Gasteiger partial charge in [-0.1, -0.05) is 49.4 Å². The monoisotopic (exact) mass is 590 g/mol. The molecule has 0 saturated carbocycles. The van der Waals surface area contributed by atoms with E-state index in [0.29, 0.717) is 16.3 Å². The lowest BCUT2D eigenvalue weighted by molar-refractivity contribution is -0.274. The van der Waals surface area contributed by atoms with Crippen molar-refractivity contribution in [1.82, 2.24) is 24.6 Å². The number of amides is 2. The van der Waals surface area contributed by atoms with Crippen LogP contribution < -0.4 is 14.9 Å². The Bertz CT molecular complexity index is 1790. The topological polar surface area (TPSA) is 86.3 Å². The Morgan fingerprint density at radius 1 is 1.07 bits per heavy atom. The standard InChI is InChI=1S/C30H25F3N6O2S/c1-3-22-6-4-5-7-26(22)39-20(2)18-42-29(39)36-28(40)34-17-16-21-8-10-23(11-9-21)27-35-19-38(37-27)24-12-14-25(15-13-24)41-30(31,32)33/h4-19H,3H2,1-2H3,(H,34,40)/b17-16+,36-29-. The van der Waals surface area contributed by atoms with E-state index in [2.05, 4.69) is 38.1 Å². The number of hydrogen-bond donors (Lipinski definition) is 1. The van der Waals surface area contributed by atoms with Crippen molar-refractivity contribution in [2.45, 2.75) is 26.6 Å². The van der Waals surface area contributed by atoms with Gasteiger partial charge in [0.05, 0.1) is 11.4 Å². The molecular weight excluding hydrogens is 565 g/mol. The SMILES string of the molecule is CCc1ccccc1-n1c(C)cs/c1=N\C(=O)N/C=C/c1ccc(-c2ncn(-c3ccc(OC(F)(F)F)cc3)n2)cc1. The average Bonchev–Trinajstić information content (AvgIpc) is 3.60. The number of thiazole rings is 1. The van der Waals surface area contributed by atoms with Crippen LogP contribution in [0, 0.1) is 6.92 Å². The zero-order valence-electron chi connectivity index (χ0n) is 22.5. The summed E-state index contributed by atoms with van der Waals surface area (Å²) in [6.07, 6.45) is 0.861. The summed E-state index contributed by atoms with van der Waals surface area (Å²) in [5, 5.41) is 9.06. The van der Waals surface area contributed by atoms with Gasteiger partial charge in [-0.05, 0) is 60.9 Å². The maximum Gasteiger partial charge on any atom is 0.573 e. The number of rotatable bonds is 7. The fraction of sp³-hybridized carbons (Fsp3) is 0.133. The fourth-order valence-electron chi connectivity index (χ4n) is 4.18. The van der Waals surface area contributed by atoms with E-state index < -0.39 is 12.4 Å². The Morgan fingerprint density at radius 2 is 1.81 bits per heavy atom. The van der Waals surface area contributed by atoms with Crippen LogP contribution >= 0.6 is 11.3 Å². The van der Waals surface area contributed by atoms with Gasteiger partial charge < -0.3 is 10.1 Å². The Labute approximate surface area is 243 Å². The molecule has 0 spiro atoms. The van der Waals surface area contributed by atoms with Crippen LogP contribution in [0.15, 0.2) is 95.7 Å². The van der Waals surface area contributed by atoms with Crippen molar-refractivity contribution in [2.75, 3.05) is 0 Å². The normalized spacial score (nSPS) is 12.2. The minimum Gasteiger partial charge on any atom is -0.406 e. The Balaban J connectivity index is 1.23. The van der Waals surface area contributed by atoms with Crippen LogP contribution in [-0.2, 0) is 6.42 Å². The second-order valence-electron chi connectivity index (χ2n) is 9.05. The highest BCUT2D eigenvalue weighted by molar-refractivity contribution is 7.07. The number of nitrogens with zero attached hydrogens (tertiary/aromatic N) is 5. The summed E-state index contributed by atoms with van der Waals surface area (Å²) in [5.41, 5.74) is 5.27. The first kappa shape index (κ1) is 28.6. The second kappa shape index (κ2) is 12.3. The van der Waals surface area contributed by atoms with Gasteiger partial charge in [0, 0.05) is 22.8 Å². The first-order valence-electron chi connectivity index (χ1n) is 12.9. The zero-order chi connectivity index (χ0) is 29.7.